The van der Waals surface area contributed by atoms with Gasteiger partial charge < -0.3 is 4.90 Å². The highest BCUT2D eigenvalue weighted by molar-refractivity contribution is 7.91. The van der Waals surface area contributed by atoms with Gasteiger partial charge in [0.2, 0.25) is 15.9 Å². The molecule has 0 saturated carbocycles. The standard InChI is InChI=1S/C18H28N2O5S2/c1-14-7-5-8-15(2)20(14)18(21)13-26(22,23)12-16-9-6-10-17(11-16)27(24,25)19(3)4/h6,9-11,14-15H,5,7-8,12-13H2,1-4H3/t14-,15-/m1/s1. The van der Waals surface area contributed by atoms with E-state index < -0.39 is 25.6 Å². The first-order valence-corrected chi connectivity index (χ1v) is 12.2. The summed E-state index contributed by atoms with van der Waals surface area (Å²) < 4.78 is 50.6. The number of amides is 1. The molecule has 9 heteroatoms. The lowest BCUT2D eigenvalue weighted by Gasteiger charge is -2.39. The van der Waals surface area contributed by atoms with Gasteiger partial charge in [-0.1, -0.05) is 12.1 Å². The van der Waals surface area contributed by atoms with E-state index in [9.17, 15) is 21.6 Å². The van der Waals surface area contributed by atoms with E-state index in [0.29, 0.717) is 5.56 Å². The molecule has 1 aliphatic rings. The summed E-state index contributed by atoms with van der Waals surface area (Å²) in [6.07, 6.45) is 2.78. The number of sulfone groups is 1. The molecule has 0 spiro atoms. The summed E-state index contributed by atoms with van der Waals surface area (Å²) in [7, 11) is -4.53. The average Bonchev–Trinajstić information content (AvgIpc) is 2.53. The van der Waals surface area contributed by atoms with Gasteiger partial charge in [-0.3, -0.25) is 4.79 Å². The molecule has 0 aliphatic carbocycles. The summed E-state index contributed by atoms with van der Waals surface area (Å²) in [5.74, 6) is -1.31. The van der Waals surface area contributed by atoms with Crippen LogP contribution in [0.3, 0.4) is 0 Å². The Morgan fingerprint density at radius 1 is 1.11 bits per heavy atom. The van der Waals surface area contributed by atoms with Crippen LogP contribution in [0.15, 0.2) is 29.2 Å². The smallest absolute Gasteiger partial charge is 0.242 e. The summed E-state index contributed by atoms with van der Waals surface area (Å²) in [6, 6.07) is 5.91. The average molecular weight is 417 g/mol. The third-order valence-electron chi connectivity index (χ3n) is 4.89. The maximum absolute atomic E-state index is 12.6. The van der Waals surface area contributed by atoms with Crippen LogP contribution in [0.4, 0.5) is 0 Å². The first-order valence-electron chi connectivity index (χ1n) is 8.97. The number of likely N-dealkylation sites (tertiary alicyclic amines) is 1. The summed E-state index contributed by atoms with van der Waals surface area (Å²) in [5, 5.41) is 0. The Kier molecular flexibility index (Phi) is 6.70. The fourth-order valence-electron chi connectivity index (χ4n) is 3.49. The van der Waals surface area contributed by atoms with Crippen molar-refractivity contribution in [1.82, 2.24) is 9.21 Å². The van der Waals surface area contributed by atoms with Gasteiger partial charge in [-0.25, -0.2) is 21.1 Å². The van der Waals surface area contributed by atoms with Crippen molar-refractivity contribution >= 4 is 25.8 Å². The topological polar surface area (TPSA) is 91.8 Å². The molecule has 27 heavy (non-hydrogen) atoms. The summed E-state index contributed by atoms with van der Waals surface area (Å²) in [6.45, 7) is 3.88. The third-order valence-corrected chi connectivity index (χ3v) is 8.16. The van der Waals surface area contributed by atoms with E-state index in [1.54, 1.807) is 11.0 Å². The molecule has 0 bridgehead atoms. The molecule has 2 atom stereocenters. The van der Waals surface area contributed by atoms with E-state index in [0.717, 1.165) is 23.6 Å². The summed E-state index contributed by atoms with van der Waals surface area (Å²) in [4.78, 5) is 14.3. The number of carbonyl (C=O) groups is 1. The van der Waals surface area contributed by atoms with Crippen molar-refractivity contribution in [2.24, 2.45) is 0 Å². The van der Waals surface area contributed by atoms with E-state index in [-0.39, 0.29) is 28.6 Å². The van der Waals surface area contributed by atoms with Crippen LogP contribution in [0.2, 0.25) is 0 Å². The zero-order valence-corrected chi connectivity index (χ0v) is 17.9. The molecule has 2 rings (SSSR count). The van der Waals surface area contributed by atoms with Gasteiger partial charge in [-0.15, -0.1) is 0 Å². The minimum atomic E-state index is -3.71. The van der Waals surface area contributed by atoms with Crippen molar-refractivity contribution in [2.45, 2.75) is 55.8 Å². The van der Waals surface area contributed by atoms with Crippen LogP contribution in [0.1, 0.15) is 38.7 Å². The predicted octanol–water partition coefficient (Wildman–Crippen LogP) is 1.64. The van der Waals surface area contributed by atoms with Crippen LogP contribution in [-0.2, 0) is 30.4 Å². The molecule has 7 nitrogen and oxygen atoms in total. The molecule has 1 aliphatic heterocycles. The Morgan fingerprint density at radius 2 is 1.70 bits per heavy atom. The van der Waals surface area contributed by atoms with Crippen LogP contribution in [0, 0.1) is 0 Å². The molecule has 1 heterocycles. The number of hydrogen-bond acceptors (Lipinski definition) is 5. The lowest BCUT2D eigenvalue weighted by molar-refractivity contribution is -0.134. The molecule has 1 aromatic carbocycles. The van der Waals surface area contributed by atoms with Crippen LogP contribution in [0.25, 0.3) is 0 Å². The maximum Gasteiger partial charge on any atom is 0.242 e. The molecule has 1 fully saturated rings. The largest absolute Gasteiger partial charge is 0.336 e. The van der Waals surface area contributed by atoms with Crippen LogP contribution >= 0.6 is 0 Å². The quantitative estimate of drug-likeness (QED) is 0.703. The SMILES string of the molecule is C[C@@H]1CCC[C@@H](C)N1C(=O)CS(=O)(=O)Cc1cccc(S(=O)(=O)N(C)C)c1. The lowest BCUT2D eigenvalue weighted by Crippen LogP contribution is -2.49. The Labute approximate surface area is 162 Å². The third kappa shape index (κ3) is 5.30. The Balaban J connectivity index is 2.16. The van der Waals surface area contributed by atoms with Gasteiger partial charge in [0, 0.05) is 26.2 Å². The predicted molar refractivity (Wildman–Crippen MR) is 104 cm³/mol. The number of rotatable bonds is 6. The Morgan fingerprint density at radius 3 is 2.26 bits per heavy atom. The molecular formula is C18H28N2O5S2. The maximum atomic E-state index is 12.6. The fourth-order valence-corrected chi connectivity index (χ4v) is 5.77. The van der Waals surface area contributed by atoms with Gasteiger partial charge in [0.1, 0.15) is 5.75 Å². The van der Waals surface area contributed by atoms with Crippen molar-refractivity contribution in [2.75, 3.05) is 19.8 Å². The normalized spacial score (nSPS) is 21.4. The molecule has 0 unspecified atom stereocenters. The van der Waals surface area contributed by atoms with Crippen molar-refractivity contribution in [1.29, 1.82) is 0 Å². The monoisotopic (exact) mass is 416 g/mol. The van der Waals surface area contributed by atoms with Gasteiger partial charge in [0.05, 0.1) is 10.6 Å². The number of piperidine rings is 1. The number of sulfonamides is 1. The fraction of sp³-hybridized carbons (Fsp3) is 0.611. The van der Waals surface area contributed by atoms with Gasteiger partial charge in [-0.2, -0.15) is 0 Å². The second-order valence-electron chi connectivity index (χ2n) is 7.40. The van der Waals surface area contributed by atoms with Crippen molar-refractivity contribution in [3.8, 4) is 0 Å². The molecular weight excluding hydrogens is 388 g/mol. The Hall–Kier alpha value is -1.45. The van der Waals surface area contributed by atoms with E-state index in [1.807, 2.05) is 13.8 Å². The second kappa shape index (κ2) is 8.28. The molecule has 0 aromatic heterocycles. The van der Waals surface area contributed by atoms with Gasteiger partial charge in [0.15, 0.2) is 9.84 Å². The Bertz CT molecular complexity index is 884. The van der Waals surface area contributed by atoms with Crippen molar-refractivity contribution in [3.05, 3.63) is 29.8 Å². The molecule has 0 N–H and O–H groups in total. The van der Waals surface area contributed by atoms with Crippen molar-refractivity contribution in [3.63, 3.8) is 0 Å². The van der Waals surface area contributed by atoms with Crippen LogP contribution in [-0.4, -0.2) is 63.9 Å². The highest BCUT2D eigenvalue weighted by atomic mass is 32.2. The van der Waals surface area contributed by atoms with E-state index in [4.69, 9.17) is 0 Å². The van der Waals surface area contributed by atoms with Crippen LogP contribution < -0.4 is 0 Å². The lowest BCUT2D eigenvalue weighted by atomic mass is 9.98. The zero-order chi connectivity index (χ0) is 20.4. The van der Waals surface area contributed by atoms with E-state index in [2.05, 4.69) is 0 Å². The molecule has 1 saturated heterocycles. The van der Waals surface area contributed by atoms with Gasteiger partial charge in [0.25, 0.3) is 0 Å². The minimum absolute atomic E-state index is 0.0322. The number of carbonyl (C=O) groups excluding carboxylic acids is 1. The molecule has 1 amide bonds. The molecule has 0 radical (unpaired) electrons. The zero-order valence-electron chi connectivity index (χ0n) is 16.3. The second-order valence-corrected chi connectivity index (χ2v) is 11.6. The first kappa shape index (κ1) is 21.8. The summed E-state index contributed by atoms with van der Waals surface area (Å²) in [5.41, 5.74) is 0.352. The minimum Gasteiger partial charge on any atom is -0.336 e. The van der Waals surface area contributed by atoms with E-state index >= 15 is 0 Å². The number of benzene rings is 1. The number of nitrogens with zero attached hydrogens (tertiary/aromatic N) is 2. The van der Waals surface area contributed by atoms with Gasteiger partial charge in [-0.05, 0) is 50.8 Å². The summed E-state index contributed by atoms with van der Waals surface area (Å²) >= 11 is 0. The first-order chi connectivity index (χ1) is 12.4. The van der Waals surface area contributed by atoms with Crippen molar-refractivity contribution < 1.29 is 21.6 Å². The molecule has 1 aromatic rings. The molecule has 152 valence electrons. The highest BCUT2D eigenvalue weighted by Crippen LogP contribution is 2.23. The van der Waals surface area contributed by atoms with Crippen LogP contribution in [0.5, 0.6) is 0 Å². The van der Waals surface area contributed by atoms with Gasteiger partial charge >= 0.3 is 0 Å². The highest BCUT2D eigenvalue weighted by Gasteiger charge is 2.31. The number of hydrogen-bond donors (Lipinski definition) is 0. The van der Waals surface area contributed by atoms with E-state index in [1.165, 1.54) is 32.3 Å².